The van der Waals surface area contributed by atoms with Gasteiger partial charge in [0.25, 0.3) is 5.91 Å². The summed E-state index contributed by atoms with van der Waals surface area (Å²) in [6.07, 6.45) is 0.992. The fourth-order valence-corrected chi connectivity index (χ4v) is 5.25. The zero-order valence-corrected chi connectivity index (χ0v) is 22.3. The molecule has 2 aromatic heterocycles. The van der Waals surface area contributed by atoms with Crippen molar-refractivity contribution in [3.05, 3.63) is 98.3 Å². The van der Waals surface area contributed by atoms with Crippen LogP contribution in [0, 0.1) is 6.92 Å². The summed E-state index contributed by atoms with van der Waals surface area (Å²) in [5.41, 5.74) is 6.06. The Bertz CT molecular complexity index is 1550. The van der Waals surface area contributed by atoms with Gasteiger partial charge in [-0.15, -0.1) is 11.3 Å². The fourth-order valence-electron chi connectivity index (χ4n) is 3.93. The number of pyridine rings is 1. The topological polar surface area (TPSA) is 54.9 Å². The summed E-state index contributed by atoms with van der Waals surface area (Å²) in [6.45, 7) is 4.16. The Morgan fingerprint density at radius 1 is 0.971 bits per heavy atom. The van der Waals surface area contributed by atoms with Crippen molar-refractivity contribution >= 4 is 60.8 Å². The van der Waals surface area contributed by atoms with E-state index >= 15 is 0 Å². The third kappa shape index (κ3) is 5.01. The van der Waals surface area contributed by atoms with E-state index in [1.165, 1.54) is 16.9 Å². The molecule has 0 unspecified atom stereocenters. The highest BCUT2D eigenvalue weighted by atomic mass is 79.9. The normalized spacial score (nSPS) is 11.1. The number of thiazole rings is 1. The second-order valence-electron chi connectivity index (χ2n) is 8.15. The summed E-state index contributed by atoms with van der Waals surface area (Å²) in [4.78, 5) is 24.1. The van der Waals surface area contributed by atoms with E-state index in [-0.39, 0.29) is 5.91 Å². The Morgan fingerprint density at radius 3 is 2.40 bits per heavy atom. The summed E-state index contributed by atoms with van der Waals surface area (Å²) in [7, 11) is 0. The van der Waals surface area contributed by atoms with Crippen LogP contribution in [-0.4, -0.2) is 15.9 Å². The molecule has 174 valence electrons. The number of hydrogen-bond donors (Lipinski definition) is 1. The number of anilines is 1. The van der Waals surface area contributed by atoms with Crippen LogP contribution in [0.15, 0.2) is 77.3 Å². The average Bonchev–Trinajstić information content (AvgIpc) is 3.23. The van der Waals surface area contributed by atoms with E-state index in [9.17, 15) is 4.79 Å². The van der Waals surface area contributed by atoms with E-state index in [4.69, 9.17) is 21.6 Å². The molecule has 3 aromatic carbocycles. The van der Waals surface area contributed by atoms with Gasteiger partial charge < -0.3 is 0 Å². The Morgan fingerprint density at radius 2 is 1.69 bits per heavy atom. The molecule has 1 N–H and O–H groups in total. The molecule has 0 bridgehead atoms. The average molecular weight is 563 g/mol. The molecule has 0 saturated heterocycles. The molecule has 0 aliphatic rings. The summed E-state index contributed by atoms with van der Waals surface area (Å²) in [6, 6.07) is 23.4. The predicted octanol–water partition coefficient (Wildman–Crippen LogP) is 8.56. The lowest BCUT2D eigenvalue weighted by Crippen LogP contribution is -2.13. The molecule has 0 radical (unpaired) electrons. The van der Waals surface area contributed by atoms with Gasteiger partial charge in [-0.25, -0.2) is 9.97 Å². The number of aromatic nitrogens is 2. The molecule has 5 aromatic rings. The lowest BCUT2D eigenvalue weighted by molar-refractivity contribution is 0.102. The monoisotopic (exact) mass is 561 g/mol. The summed E-state index contributed by atoms with van der Waals surface area (Å²) in [5.74, 6) is -0.229. The van der Waals surface area contributed by atoms with Crippen molar-refractivity contribution in [2.75, 3.05) is 5.32 Å². The Kier molecular flexibility index (Phi) is 6.69. The van der Waals surface area contributed by atoms with E-state index in [1.807, 2.05) is 55.5 Å². The van der Waals surface area contributed by atoms with Crippen LogP contribution in [0.25, 0.3) is 33.4 Å². The van der Waals surface area contributed by atoms with Gasteiger partial charge in [-0.2, -0.15) is 0 Å². The number of amides is 1. The van der Waals surface area contributed by atoms with Crippen LogP contribution in [0.5, 0.6) is 0 Å². The van der Waals surface area contributed by atoms with Gasteiger partial charge in [0.15, 0.2) is 5.13 Å². The first-order chi connectivity index (χ1) is 16.9. The van der Waals surface area contributed by atoms with E-state index in [0.29, 0.717) is 21.4 Å². The molecular formula is C28H21BrClN3OS. The highest BCUT2D eigenvalue weighted by molar-refractivity contribution is 9.10. The number of carbonyl (C=O) groups is 1. The van der Waals surface area contributed by atoms with Gasteiger partial charge in [0, 0.05) is 30.9 Å². The van der Waals surface area contributed by atoms with E-state index < -0.39 is 0 Å². The number of fused-ring (bicyclic) bond motifs is 1. The number of aryl methyl sites for hydroxylation is 2. The summed E-state index contributed by atoms with van der Waals surface area (Å²) >= 11 is 11.1. The first kappa shape index (κ1) is 23.7. The number of hydrogen-bond acceptors (Lipinski definition) is 4. The minimum atomic E-state index is -0.229. The lowest BCUT2D eigenvalue weighted by Gasteiger charge is -2.10. The lowest BCUT2D eigenvalue weighted by atomic mass is 10.0. The van der Waals surface area contributed by atoms with Crippen LogP contribution in [0.2, 0.25) is 5.02 Å². The number of rotatable bonds is 5. The standard InChI is InChI=1S/C28H21BrClN3OS/c1-3-17-4-6-19(7-5-17)26-16(2)35-28(32-26)33-27(34)23-15-25(18-8-11-21(30)12-9-18)31-24-13-10-20(29)14-22(23)24/h4-15H,3H2,1-2H3,(H,32,33,34). The van der Waals surface area contributed by atoms with Crippen molar-refractivity contribution < 1.29 is 4.79 Å². The maximum absolute atomic E-state index is 13.5. The minimum absolute atomic E-state index is 0.229. The van der Waals surface area contributed by atoms with Gasteiger partial charge in [0.1, 0.15) is 0 Å². The van der Waals surface area contributed by atoms with Crippen LogP contribution >= 0.6 is 38.9 Å². The molecule has 0 aliphatic heterocycles. The molecular weight excluding hydrogens is 542 g/mol. The third-order valence-corrected chi connectivity index (χ3v) is 7.44. The van der Waals surface area contributed by atoms with Crippen LogP contribution in [-0.2, 0) is 6.42 Å². The maximum Gasteiger partial charge on any atom is 0.258 e. The minimum Gasteiger partial charge on any atom is -0.298 e. The molecule has 5 rings (SSSR count). The first-order valence-corrected chi connectivity index (χ1v) is 13.1. The molecule has 0 atom stereocenters. The molecule has 35 heavy (non-hydrogen) atoms. The molecule has 0 spiro atoms. The fraction of sp³-hybridized carbons (Fsp3) is 0.107. The van der Waals surface area contributed by atoms with Gasteiger partial charge in [-0.05, 0) is 55.3 Å². The SMILES string of the molecule is CCc1ccc(-c2nc(NC(=O)c3cc(-c4ccc(Cl)cc4)nc4ccc(Br)cc34)sc2C)cc1. The zero-order valence-electron chi connectivity index (χ0n) is 19.1. The van der Waals surface area contributed by atoms with Crippen LogP contribution in [0.4, 0.5) is 5.13 Å². The van der Waals surface area contributed by atoms with E-state index in [0.717, 1.165) is 43.5 Å². The molecule has 2 heterocycles. The number of halogens is 2. The second kappa shape index (κ2) is 9.90. The van der Waals surface area contributed by atoms with Crippen molar-refractivity contribution in [2.45, 2.75) is 20.3 Å². The smallest absolute Gasteiger partial charge is 0.258 e. The summed E-state index contributed by atoms with van der Waals surface area (Å²) < 4.78 is 0.878. The van der Waals surface area contributed by atoms with Gasteiger partial charge in [0.2, 0.25) is 0 Å². The molecule has 0 aliphatic carbocycles. The van der Waals surface area contributed by atoms with Crippen molar-refractivity contribution in [1.82, 2.24) is 9.97 Å². The Hall–Kier alpha value is -3.06. The van der Waals surface area contributed by atoms with E-state index in [1.54, 1.807) is 0 Å². The third-order valence-electron chi connectivity index (χ3n) is 5.81. The van der Waals surface area contributed by atoms with Crippen LogP contribution in [0.1, 0.15) is 27.7 Å². The van der Waals surface area contributed by atoms with Crippen LogP contribution < -0.4 is 5.32 Å². The highest BCUT2D eigenvalue weighted by Gasteiger charge is 2.18. The highest BCUT2D eigenvalue weighted by Crippen LogP contribution is 2.32. The van der Waals surface area contributed by atoms with Crippen molar-refractivity contribution in [2.24, 2.45) is 0 Å². The van der Waals surface area contributed by atoms with Crippen LogP contribution in [0.3, 0.4) is 0 Å². The van der Waals surface area contributed by atoms with Gasteiger partial charge in [0.05, 0.1) is 22.5 Å². The first-order valence-electron chi connectivity index (χ1n) is 11.2. The van der Waals surface area contributed by atoms with Crippen molar-refractivity contribution in [1.29, 1.82) is 0 Å². The maximum atomic E-state index is 13.5. The zero-order chi connectivity index (χ0) is 24.5. The van der Waals surface area contributed by atoms with Gasteiger partial charge >= 0.3 is 0 Å². The summed E-state index contributed by atoms with van der Waals surface area (Å²) in [5, 5.41) is 4.99. The molecule has 0 saturated carbocycles. The molecule has 4 nitrogen and oxygen atoms in total. The number of carbonyl (C=O) groups excluding carboxylic acids is 1. The van der Waals surface area contributed by atoms with Crippen molar-refractivity contribution in [3.63, 3.8) is 0 Å². The molecule has 0 fully saturated rings. The number of benzene rings is 3. The van der Waals surface area contributed by atoms with Gasteiger partial charge in [-0.3, -0.25) is 10.1 Å². The molecule has 1 amide bonds. The van der Waals surface area contributed by atoms with Gasteiger partial charge in [-0.1, -0.05) is 70.9 Å². The number of nitrogens with one attached hydrogen (secondary N) is 1. The van der Waals surface area contributed by atoms with E-state index in [2.05, 4.69) is 52.4 Å². The van der Waals surface area contributed by atoms with Crippen molar-refractivity contribution in [3.8, 4) is 22.5 Å². The second-order valence-corrected chi connectivity index (χ2v) is 10.7. The largest absolute Gasteiger partial charge is 0.298 e. The Balaban J connectivity index is 1.52. The number of nitrogens with zero attached hydrogens (tertiary/aromatic N) is 2. The quantitative estimate of drug-likeness (QED) is 0.233. The molecule has 7 heteroatoms. The predicted molar refractivity (Wildman–Crippen MR) is 150 cm³/mol. The Labute approximate surface area is 221 Å².